The number of allylic oxidation sites excluding steroid dienone is 3. The summed E-state index contributed by atoms with van der Waals surface area (Å²) in [5.41, 5.74) is 1.87. The number of hydrogen-bond acceptors (Lipinski definition) is 8. The Hall–Kier alpha value is -2.45. The lowest BCUT2D eigenvalue weighted by Gasteiger charge is -2.48. The molecule has 2 aliphatic rings. The van der Waals surface area contributed by atoms with Crippen LogP contribution in [0.2, 0.25) is 0 Å². The van der Waals surface area contributed by atoms with Crippen molar-refractivity contribution in [3.05, 3.63) is 46.8 Å². The number of aromatic nitrogens is 3. The van der Waals surface area contributed by atoms with E-state index in [2.05, 4.69) is 79.2 Å². The molecule has 7 nitrogen and oxygen atoms in total. The summed E-state index contributed by atoms with van der Waals surface area (Å²) in [6, 6.07) is 3.92. The van der Waals surface area contributed by atoms with Gasteiger partial charge in [0.2, 0.25) is 11.0 Å². The summed E-state index contributed by atoms with van der Waals surface area (Å²) in [7, 11) is 3.82. The minimum atomic E-state index is -0.272. The Morgan fingerprint density at radius 2 is 1.82 bits per heavy atom. The van der Waals surface area contributed by atoms with Crippen LogP contribution in [0.4, 0.5) is 5.13 Å². The molecule has 178 valence electrons. The van der Waals surface area contributed by atoms with Gasteiger partial charge >= 0.3 is 0 Å². The molecule has 3 heterocycles. The zero-order chi connectivity index (χ0) is 24.0. The van der Waals surface area contributed by atoms with Crippen LogP contribution in [0.3, 0.4) is 0 Å². The average Bonchev–Trinajstić information content (AvgIpc) is 3.21. The van der Waals surface area contributed by atoms with Crippen molar-refractivity contribution in [2.24, 2.45) is 0 Å². The lowest BCUT2D eigenvalue weighted by Crippen LogP contribution is -2.61. The average molecular weight is 470 g/mol. The molecular weight excluding hydrogens is 434 g/mol. The van der Waals surface area contributed by atoms with Crippen molar-refractivity contribution in [2.75, 3.05) is 19.1 Å². The molecule has 2 N–H and O–H groups in total. The molecular formula is C25H35N5O2S. The standard InChI is InChI=1S/C25H35N5O2S/c1-23(2)12-17(13-24(3,4)29-23)30(6)22-28-27-21(33-22)18-10-11-25(5,14-19(18)32-7)16-8-9-20(31)26-15-16/h8-10,14-15,17,29H,11-13H2,1-7H3,(H,26,31). The fourth-order valence-electron chi connectivity index (χ4n) is 5.29. The van der Waals surface area contributed by atoms with Gasteiger partial charge in [-0.25, -0.2) is 4.98 Å². The van der Waals surface area contributed by atoms with Gasteiger partial charge in [0.25, 0.3) is 0 Å². The molecule has 0 spiro atoms. The molecule has 1 unspecified atom stereocenters. The molecule has 33 heavy (non-hydrogen) atoms. The molecule has 1 aliphatic carbocycles. The number of ether oxygens (including phenoxy) is 1. The normalized spacial score (nSPS) is 24.7. The molecule has 0 aromatic carbocycles. The highest BCUT2D eigenvalue weighted by Crippen LogP contribution is 2.42. The van der Waals surface area contributed by atoms with E-state index in [1.54, 1.807) is 30.7 Å². The number of hydrogen-bond donors (Lipinski definition) is 2. The smallest absolute Gasteiger partial charge is 0.210 e. The molecule has 0 radical (unpaired) electrons. The number of aromatic hydroxyl groups is 1. The number of pyridine rings is 1. The van der Waals surface area contributed by atoms with Crippen LogP contribution in [-0.4, -0.2) is 51.6 Å². The van der Waals surface area contributed by atoms with Gasteiger partial charge in [-0.15, -0.1) is 10.2 Å². The molecule has 4 rings (SSSR count). The second kappa shape index (κ2) is 8.40. The summed E-state index contributed by atoms with van der Waals surface area (Å²) in [5, 5.41) is 24.2. The van der Waals surface area contributed by atoms with Crippen LogP contribution in [0.5, 0.6) is 5.88 Å². The topological polar surface area (TPSA) is 83.4 Å². The third kappa shape index (κ3) is 4.92. The number of nitrogens with one attached hydrogen (secondary N) is 1. The third-order valence-corrected chi connectivity index (χ3v) is 7.78. The zero-order valence-corrected chi connectivity index (χ0v) is 21.5. The van der Waals surface area contributed by atoms with Crippen molar-refractivity contribution in [3.63, 3.8) is 0 Å². The summed E-state index contributed by atoms with van der Waals surface area (Å²) >= 11 is 1.61. The van der Waals surface area contributed by atoms with Crippen LogP contribution >= 0.6 is 11.3 Å². The van der Waals surface area contributed by atoms with Gasteiger partial charge in [-0.1, -0.05) is 30.4 Å². The van der Waals surface area contributed by atoms with Gasteiger partial charge in [-0.05, 0) is 58.6 Å². The predicted molar refractivity (Wildman–Crippen MR) is 134 cm³/mol. The molecule has 2 aromatic heterocycles. The van der Waals surface area contributed by atoms with E-state index < -0.39 is 0 Å². The van der Waals surface area contributed by atoms with Crippen molar-refractivity contribution in [2.45, 2.75) is 76.4 Å². The highest BCUT2D eigenvalue weighted by Gasteiger charge is 2.40. The van der Waals surface area contributed by atoms with Crippen LogP contribution in [0.1, 0.15) is 64.5 Å². The van der Waals surface area contributed by atoms with Gasteiger partial charge in [0.1, 0.15) is 5.76 Å². The van der Waals surface area contributed by atoms with Crippen LogP contribution in [0.15, 0.2) is 36.2 Å². The van der Waals surface area contributed by atoms with Gasteiger partial charge in [-0.2, -0.15) is 0 Å². The van der Waals surface area contributed by atoms with E-state index >= 15 is 0 Å². The lowest BCUT2D eigenvalue weighted by atomic mass is 9.76. The fourth-order valence-corrected chi connectivity index (χ4v) is 6.22. The van der Waals surface area contributed by atoms with Crippen molar-refractivity contribution in [1.82, 2.24) is 20.5 Å². The summed E-state index contributed by atoms with van der Waals surface area (Å²) < 4.78 is 5.78. The van der Waals surface area contributed by atoms with Crippen molar-refractivity contribution in [1.29, 1.82) is 0 Å². The van der Waals surface area contributed by atoms with Crippen molar-refractivity contribution < 1.29 is 9.84 Å². The maximum absolute atomic E-state index is 9.54. The second-order valence-electron chi connectivity index (χ2n) is 10.8. The molecule has 0 amide bonds. The van der Waals surface area contributed by atoms with Crippen LogP contribution in [0, 0.1) is 0 Å². The molecule has 1 fully saturated rings. The Morgan fingerprint density at radius 1 is 1.12 bits per heavy atom. The maximum atomic E-state index is 9.54. The molecule has 1 aliphatic heterocycles. The molecule has 0 bridgehead atoms. The van der Waals surface area contributed by atoms with Gasteiger partial charge in [0.05, 0.1) is 12.7 Å². The Balaban J connectivity index is 1.56. The number of rotatable bonds is 5. The Kier molecular flexibility index (Phi) is 6.03. The first-order valence-corrected chi connectivity index (χ1v) is 12.2. The first-order valence-electron chi connectivity index (χ1n) is 11.4. The SMILES string of the molecule is COC1=CC(C)(c2ccc(O)nc2)CC=C1c1nnc(N(C)C2CC(C)(C)NC(C)(C)C2)s1. The fraction of sp³-hybridized carbons (Fsp3) is 0.560. The largest absolute Gasteiger partial charge is 0.496 e. The van der Waals surface area contributed by atoms with Crippen LogP contribution in [0.25, 0.3) is 5.57 Å². The summed E-state index contributed by atoms with van der Waals surface area (Å²) in [5.74, 6) is 0.808. The van der Waals surface area contributed by atoms with Gasteiger partial charge in [0.15, 0.2) is 5.01 Å². The molecule has 1 atom stereocenters. The first-order chi connectivity index (χ1) is 15.4. The second-order valence-corrected chi connectivity index (χ2v) is 11.8. The van der Waals surface area contributed by atoms with Gasteiger partial charge in [-0.3, -0.25) is 0 Å². The van der Waals surface area contributed by atoms with Gasteiger partial charge < -0.3 is 20.1 Å². The predicted octanol–water partition coefficient (Wildman–Crippen LogP) is 4.66. The Bertz CT molecular complexity index is 1060. The van der Waals surface area contributed by atoms with Crippen LogP contribution in [-0.2, 0) is 10.2 Å². The van der Waals surface area contributed by atoms with Gasteiger partial charge in [0, 0.05) is 41.8 Å². The molecule has 8 heteroatoms. The van der Waals surface area contributed by atoms with E-state index in [9.17, 15) is 5.11 Å². The van der Waals surface area contributed by atoms with Crippen molar-refractivity contribution >= 4 is 22.0 Å². The van der Waals surface area contributed by atoms with E-state index in [0.29, 0.717) is 6.04 Å². The highest BCUT2D eigenvalue weighted by molar-refractivity contribution is 7.16. The number of piperidine rings is 1. The summed E-state index contributed by atoms with van der Waals surface area (Å²) in [6.07, 6.45) is 8.90. The van der Waals surface area contributed by atoms with E-state index in [1.165, 1.54) is 0 Å². The Morgan fingerprint density at radius 3 is 2.42 bits per heavy atom. The summed E-state index contributed by atoms with van der Waals surface area (Å²) in [4.78, 5) is 6.34. The van der Waals surface area contributed by atoms with E-state index in [4.69, 9.17) is 4.74 Å². The number of methoxy groups -OCH3 is 1. The molecule has 0 saturated carbocycles. The van der Waals surface area contributed by atoms with E-state index in [1.807, 2.05) is 6.07 Å². The van der Waals surface area contributed by atoms with Crippen LogP contribution < -0.4 is 10.2 Å². The van der Waals surface area contributed by atoms with Crippen molar-refractivity contribution in [3.8, 4) is 5.88 Å². The quantitative estimate of drug-likeness (QED) is 0.659. The third-order valence-electron chi connectivity index (χ3n) is 6.74. The number of nitrogens with zero attached hydrogens (tertiary/aromatic N) is 4. The van der Waals surface area contributed by atoms with E-state index in [0.717, 1.165) is 46.3 Å². The first kappa shape index (κ1) is 23.7. The summed E-state index contributed by atoms with van der Waals surface area (Å²) in [6.45, 7) is 11.2. The maximum Gasteiger partial charge on any atom is 0.210 e. The molecule has 2 aromatic rings. The monoisotopic (exact) mass is 469 g/mol. The molecule has 1 saturated heterocycles. The zero-order valence-electron chi connectivity index (χ0n) is 20.6. The number of anilines is 1. The Labute approximate surface area is 200 Å². The minimum Gasteiger partial charge on any atom is -0.496 e. The highest BCUT2D eigenvalue weighted by atomic mass is 32.1. The lowest BCUT2D eigenvalue weighted by molar-refractivity contribution is 0.161. The van der Waals surface area contributed by atoms with E-state index in [-0.39, 0.29) is 22.4 Å². The minimum absolute atomic E-state index is 0.0244.